The number of carboxylic acid groups (broad SMARTS) is 2. The quantitative estimate of drug-likeness (QED) is 0.730. The number of hydrogen-bond acceptors (Lipinski definition) is 6. The van der Waals surface area contributed by atoms with Crippen molar-refractivity contribution in [2.45, 2.75) is 13.3 Å². The number of anilines is 2. The van der Waals surface area contributed by atoms with Gasteiger partial charge in [-0.2, -0.15) is 4.98 Å². The van der Waals surface area contributed by atoms with Gasteiger partial charge in [0.15, 0.2) is 5.82 Å². The third-order valence-electron chi connectivity index (χ3n) is 4.45. The van der Waals surface area contributed by atoms with Gasteiger partial charge in [-0.15, -0.1) is 0 Å². The number of fused-ring (bicyclic) bond motifs is 1. The van der Waals surface area contributed by atoms with Crippen LogP contribution in [0.15, 0.2) is 0 Å². The van der Waals surface area contributed by atoms with E-state index in [0.29, 0.717) is 5.69 Å². The van der Waals surface area contributed by atoms with Crippen LogP contribution < -0.4 is 10.6 Å². The van der Waals surface area contributed by atoms with Crippen LogP contribution in [0, 0.1) is 17.8 Å². The van der Waals surface area contributed by atoms with E-state index in [1.807, 2.05) is 0 Å². The second-order valence-electron chi connectivity index (χ2n) is 5.61. The number of nitrogen functional groups attached to an aromatic ring is 1. The van der Waals surface area contributed by atoms with Gasteiger partial charge in [0, 0.05) is 13.1 Å². The number of halogens is 1. The number of rotatable bonds is 3. The lowest BCUT2D eigenvalue weighted by molar-refractivity contribution is -0.151. The fourth-order valence-corrected chi connectivity index (χ4v) is 3.42. The summed E-state index contributed by atoms with van der Waals surface area (Å²) in [7, 11) is 0. The van der Waals surface area contributed by atoms with Gasteiger partial charge in [0.05, 0.1) is 5.69 Å². The molecule has 2 aliphatic rings. The highest BCUT2D eigenvalue weighted by molar-refractivity contribution is 6.33. The summed E-state index contributed by atoms with van der Waals surface area (Å²) in [4.78, 5) is 32.5. The van der Waals surface area contributed by atoms with E-state index in [0.717, 1.165) is 0 Å². The van der Waals surface area contributed by atoms with Gasteiger partial charge < -0.3 is 20.8 Å². The van der Waals surface area contributed by atoms with Gasteiger partial charge in [0.1, 0.15) is 15.9 Å². The predicted octanol–water partition coefficient (Wildman–Crippen LogP) is 0.386. The Morgan fingerprint density at radius 2 is 1.76 bits per heavy atom. The molecule has 9 heteroatoms. The molecule has 0 bridgehead atoms. The van der Waals surface area contributed by atoms with E-state index in [-0.39, 0.29) is 36.3 Å². The highest BCUT2D eigenvalue weighted by atomic mass is 35.5. The molecule has 1 aromatic rings. The molecule has 0 aromatic carbocycles. The average molecular weight is 313 g/mol. The molecular formula is C12H13ClN4O4. The average Bonchev–Trinajstić information content (AvgIpc) is 2.93. The van der Waals surface area contributed by atoms with E-state index in [1.54, 1.807) is 11.8 Å². The standard InChI is InChI=1S/C12H13ClN4O4/c1-5-6(13)7(16-10(14)15-5)17-3-11(8(18)19)2-12(11,4-17)9(20)21/h2-4H2,1H3,(H,18,19)(H,20,21)(H2,14,15,16)/t11-,12+. The lowest BCUT2D eigenvalue weighted by Gasteiger charge is -2.22. The van der Waals surface area contributed by atoms with E-state index < -0.39 is 22.8 Å². The van der Waals surface area contributed by atoms with Gasteiger partial charge in [-0.1, -0.05) is 11.6 Å². The fourth-order valence-electron chi connectivity index (χ4n) is 3.21. The third kappa shape index (κ3) is 1.62. The van der Waals surface area contributed by atoms with Crippen molar-refractivity contribution in [3.05, 3.63) is 10.7 Å². The van der Waals surface area contributed by atoms with Crippen molar-refractivity contribution >= 4 is 35.3 Å². The fraction of sp³-hybridized carbons (Fsp3) is 0.500. The number of carboxylic acids is 2. The lowest BCUT2D eigenvalue weighted by Crippen LogP contribution is -2.30. The zero-order valence-electron chi connectivity index (χ0n) is 11.1. The number of hydrogen-bond donors (Lipinski definition) is 3. The maximum Gasteiger partial charge on any atom is 0.312 e. The number of aryl methyl sites for hydroxylation is 1. The summed E-state index contributed by atoms with van der Waals surface area (Å²) in [5.74, 6) is -1.92. The number of aliphatic carboxylic acids is 2. The second-order valence-corrected chi connectivity index (χ2v) is 5.99. The summed E-state index contributed by atoms with van der Waals surface area (Å²) >= 11 is 6.14. The highest BCUT2D eigenvalue weighted by Gasteiger charge is 2.81. The van der Waals surface area contributed by atoms with Crippen molar-refractivity contribution in [2.75, 3.05) is 23.7 Å². The van der Waals surface area contributed by atoms with Crippen LogP contribution >= 0.6 is 11.6 Å². The van der Waals surface area contributed by atoms with Crippen LogP contribution in [0.2, 0.25) is 5.02 Å². The summed E-state index contributed by atoms with van der Waals surface area (Å²) < 4.78 is 0. The Morgan fingerprint density at radius 1 is 1.24 bits per heavy atom. The maximum absolute atomic E-state index is 11.5. The van der Waals surface area contributed by atoms with Crippen molar-refractivity contribution in [1.82, 2.24) is 9.97 Å². The molecule has 1 aliphatic heterocycles. The Labute approximate surface area is 124 Å². The molecule has 1 saturated carbocycles. The van der Waals surface area contributed by atoms with E-state index in [4.69, 9.17) is 17.3 Å². The van der Waals surface area contributed by atoms with E-state index >= 15 is 0 Å². The van der Waals surface area contributed by atoms with Crippen LogP contribution in [-0.4, -0.2) is 45.2 Å². The summed E-state index contributed by atoms with van der Waals surface area (Å²) in [6.45, 7) is 1.75. The van der Waals surface area contributed by atoms with Crippen molar-refractivity contribution in [1.29, 1.82) is 0 Å². The zero-order valence-corrected chi connectivity index (χ0v) is 11.9. The van der Waals surface area contributed by atoms with Gasteiger partial charge in [0.25, 0.3) is 0 Å². The first-order valence-electron chi connectivity index (χ1n) is 6.25. The largest absolute Gasteiger partial charge is 0.481 e. The molecule has 0 amide bonds. The van der Waals surface area contributed by atoms with Crippen LogP contribution in [-0.2, 0) is 9.59 Å². The topological polar surface area (TPSA) is 130 Å². The SMILES string of the molecule is Cc1nc(N)nc(N2C[C@@]3(C(=O)O)C[C@@]3(C(=O)O)C2)c1Cl. The van der Waals surface area contributed by atoms with Crippen molar-refractivity contribution in [3.8, 4) is 0 Å². The molecule has 2 fully saturated rings. The van der Waals surface area contributed by atoms with Gasteiger partial charge in [-0.3, -0.25) is 9.59 Å². The molecule has 112 valence electrons. The molecule has 1 aromatic heterocycles. The Bertz CT molecular complexity index is 653. The van der Waals surface area contributed by atoms with Gasteiger partial charge in [0.2, 0.25) is 5.95 Å². The monoisotopic (exact) mass is 312 g/mol. The Balaban J connectivity index is 2.02. The minimum atomic E-state index is -1.28. The maximum atomic E-state index is 11.5. The minimum Gasteiger partial charge on any atom is -0.481 e. The lowest BCUT2D eigenvalue weighted by atomic mass is 9.97. The van der Waals surface area contributed by atoms with E-state index in [2.05, 4.69) is 9.97 Å². The first kappa shape index (κ1) is 13.9. The smallest absolute Gasteiger partial charge is 0.312 e. The molecule has 0 unspecified atom stereocenters. The van der Waals surface area contributed by atoms with Crippen molar-refractivity contribution in [2.24, 2.45) is 10.8 Å². The Morgan fingerprint density at radius 3 is 2.24 bits per heavy atom. The van der Waals surface area contributed by atoms with Crippen LogP contribution in [0.1, 0.15) is 12.1 Å². The van der Waals surface area contributed by atoms with Gasteiger partial charge in [-0.25, -0.2) is 4.98 Å². The summed E-state index contributed by atoms with van der Waals surface area (Å²) in [5.41, 5.74) is 3.49. The van der Waals surface area contributed by atoms with Gasteiger partial charge >= 0.3 is 11.9 Å². The summed E-state index contributed by atoms with van der Waals surface area (Å²) in [5, 5.41) is 19.0. The minimum absolute atomic E-state index is 0.0150. The first-order valence-corrected chi connectivity index (χ1v) is 6.63. The van der Waals surface area contributed by atoms with Crippen LogP contribution in [0.3, 0.4) is 0 Å². The first-order chi connectivity index (χ1) is 9.73. The summed E-state index contributed by atoms with van der Waals surface area (Å²) in [6, 6.07) is 0. The molecular weight excluding hydrogens is 300 g/mol. The Hall–Kier alpha value is -2.09. The van der Waals surface area contributed by atoms with Crippen LogP contribution in [0.4, 0.5) is 11.8 Å². The number of carbonyl (C=O) groups is 2. The third-order valence-corrected chi connectivity index (χ3v) is 4.89. The molecule has 3 rings (SSSR count). The van der Waals surface area contributed by atoms with E-state index in [1.165, 1.54) is 0 Å². The molecule has 0 spiro atoms. The van der Waals surface area contributed by atoms with E-state index in [9.17, 15) is 19.8 Å². The van der Waals surface area contributed by atoms with Crippen LogP contribution in [0.25, 0.3) is 0 Å². The van der Waals surface area contributed by atoms with Gasteiger partial charge in [-0.05, 0) is 13.3 Å². The zero-order chi connectivity index (χ0) is 15.6. The van der Waals surface area contributed by atoms with Crippen molar-refractivity contribution < 1.29 is 19.8 Å². The number of nitrogens with two attached hydrogens (primary N) is 1. The number of aromatic nitrogens is 2. The molecule has 0 radical (unpaired) electrons. The highest BCUT2D eigenvalue weighted by Crippen LogP contribution is 2.69. The molecule has 2 heterocycles. The molecule has 4 N–H and O–H groups in total. The number of piperidine rings is 1. The second kappa shape index (κ2) is 3.97. The Kier molecular flexibility index (Phi) is 2.62. The number of nitrogens with zero attached hydrogens (tertiary/aromatic N) is 3. The summed E-state index contributed by atoms with van der Waals surface area (Å²) in [6.07, 6.45) is 0.123. The predicted molar refractivity (Wildman–Crippen MR) is 73.2 cm³/mol. The van der Waals surface area contributed by atoms with Crippen molar-refractivity contribution in [3.63, 3.8) is 0 Å². The molecule has 1 aliphatic carbocycles. The van der Waals surface area contributed by atoms with Crippen LogP contribution in [0.5, 0.6) is 0 Å². The molecule has 21 heavy (non-hydrogen) atoms. The molecule has 8 nitrogen and oxygen atoms in total. The molecule has 1 saturated heterocycles. The molecule has 2 atom stereocenters. The normalized spacial score (nSPS) is 30.1.